The van der Waals surface area contributed by atoms with Crippen molar-refractivity contribution in [1.29, 1.82) is 0 Å². The van der Waals surface area contributed by atoms with Crippen molar-refractivity contribution in [1.82, 2.24) is 31.2 Å². The van der Waals surface area contributed by atoms with Crippen LogP contribution in [0.25, 0.3) is 0 Å². The van der Waals surface area contributed by atoms with E-state index >= 15 is 0 Å². The number of aliphatic carboxylic acids is 1. The molecular weight excluding hydrogens is 478 g/mol. The molecule has 1 aromatic rings. The number of imidazole rings is 1. The lowest BCUT2D eigenvalue weighted by molar-refractivity contribution is -0.142. The van der Waals surface area contributed by atoms with Gasteiger partial charge < -0.3 is 42.8 Å². The lowest BCUT2D eigenvalue weighted by Crippen LogP contribution is -2.57. The van der Waals surface area contributed by atoms with Gasteiger partial charge in [0, 0.05) is 30.6 Å². The Morgan fingerprint density at radius 2 is 1.89 bits per heavy atom. The highest BCUT2D eigenvalue weighted by Crippen LogP contribution is 2.07. The summed E-state index contributed by atoms with van der Waals surface area (Å²) in [4.78, 5) is 60.4. The molecule has 3 amide bonds. The number of aromatic amines is 1. The van der Waals surface area contributed by atoms with Gasteiger partial charge in [-0.05, 0) is 32.2 Å². The molecule has 1 saturated heterocycles. The van der Waals surface area contributed by atoms with Gasteiger partial charge in [0.2, 0.25) is 17.7 Å². The second-order valence-electron chi connectivity index (χ2n) is 8.08. The molecule has 0 bridgehead atoms. The Morgan fingerprint density at radius 1 is 1.17 bits per heavy atom. The highest BCUT2D eigenvalue weighted by molar-refractivity contribution is 7.80. The first kappa shape index (κ1) is 27.9. The molecule has 0 aromatic carbocycles. The van der Waals surface area contributed by atoms with Gasteiger partial charge in [-0.3, -0.25) is 19.4 Å². The molecule has 15 heteroatoms. The monoisotopic (exact) mass is 511 g/mol. The molecule has 0 aliphatic carbocycles. The molecule has 10 N–H and O–H groups in total. The van der Waals surface area contributed by atoms with Crippen LogP contribution >= 0.6 is 12.6 Å². The van der Waals surface area contributed by atoms with Crippen molar-refractivity contribution < 1.29 is 24.3 Å². The number of amides is 3. The van der Waals surface area contributed by atoms with Crippen molar-refractivity contribution in [3.63, 3.8) is 0 Å². The average molecular weight is 512 g/mol. The number of hydrogen-bond donors (Lipinski definition) is 9. The van der Waals surface area contributed by atoms with Gasteiger partial charge in [0.1, 0.15) is 18.1 Å². The molecular formula is C20H33N9O5S. The van der Waals surface area contributed by atoms with Crippen LogP contribution < -0.4 is 32.7 Å². The van der Waals surface area contributed by atoms with E-state index in [0.29, 0.717) is 18.5 Å². The Morgan fingerprint density at radius 3 is 2.46 bits per heavy atom. The molecule has 0 radical (unpaired) electrons. The largest absolute Gasteiger partial charge is 0.480 e. The minimum absolute atomic E-state index is 0.00417. The zero-order valence-electron chi connectivity index (χ0n) is 19.2. The Kier molecular flexibility index (Phi) is 11.3. The number of nitrogens with one attached hydrogen (secondary N) is 5. The topological polar surface area (TPSA) is 230 Å². The van der Waals surface area contributed by atoms with E-state index in [1.165, 1.54) is 12.5 Å². The summed E-state index contributed by atoms with van der Waals surface area (Å²) >= 11 is 4.16. The molecule has 0 saturated carbocycles. The number of nitrogens with two attached hydrogens (primary N) is 2. The standard InChI is InChI=1S/C20H33N9O5S/c21-20(22)25-6-2-4-13(17(31)28-14(19(33)34)7-11-8-23-10-26-11)27-18(32)15(9-35)29-16(30)12-3-1-5-24-12/h8,10,12-15,24,35H,1-7,9H2,(H,23,26)(H,27,32)(H,28,31)(H,29,30)(H,33,34)(H4,21,22,25). The number of guanidine groups is 1. The summed E-state index contributed by atoms with van der Waals surface area (Å²) < 4.78 is 0. The normalized spacial score (nSPS) is 17.6. The molecule has 14 nitrogen and oxygen atoms in total. The molecule has 1 aromatic heterocycles. The van der Waals surface area contributed by atoms with Crippen LogP contribution in [0, 0.1) is 0 Å². The van der Waals surface area contributed by atoms with Crippen LogP contribution in [-0.2, 0) is 25.6 Å². The van der Waals surface area contributed by atoms with E-state index in [2.05, 4.69) is 48.9 Å². The van der Waals surface area contributed by atoms with Crippen LogP contribution in [0.15, 0.2) is 17.5 Å². The fraction of sp³-hybridized carbons (Fsp3) is 0.600. The molecule has 0 spiro atoms. The number of aromatic nitrogens is 2. The van der Waals surface area contributed by atoms with E-state index < -0.39 is 35.9 Å². The van der Waals surface area contributed by atoms with Gasteiger partial charge >= 0.3 is 5.97 Å². The lowest BCUT2D eigenvalue weighted by Gasteiger charge is -2.24. The van der Waals surface area contributed by atoms with Crippen molar-refractivity contribution in [3.8, 4) is 0 Å². The summed E-state index contributed by atoms with van der Waals surface area (Å²) in [7, 11) is 0. The summed E-state index contributed by atoms with van der Waals surface area (Å²) in [5.74, 6) is -2.99. The second kappa shape index (κ2) is 14.2. The van der Waals surface area contributed by atoms with E-state index in [1.54, 1.807) is 0 Å². The van der Waals surface area contributed by atoms with E-state index in [-0.39, 0.29) is 43.0 Å². The summed E-state index contributed by atoms with van der Waals surface area (Å²) in [6.07, 6.45) is 4.80. The summed E-state index contributed by atoms with van der Waals surface area (Å²) in [5.41, 5.74) is 11.2. The average Bonchev–Trinajstić information content (AvgIpc) is 3.52. The van der Waals surface area contributed by atoms with E-state index in [1.807, 2.05) is 0 Å². The van der Waals surface area contributed by atoms with Gasteiger partial charge in [-0.25, -0.2) is 9.78 Å². The van der Waals surface area contributed by atoms with Gasteiger partial charge in [-0.2, -0.15) is 12.6 Å². The van der Waals surface area contributed by atoms with Gasteiger partial charge in [0.05, 0.1) is 12.4 Å². The molecule has 2 heterocycles. The highest BCUT2D eigenvalue weighted by Gasteiger charge is 2.31. The number of carbonyl (C=O) groups excluding carboxylic acids is 3. The first-order chi connectivity index (χ1) is 16.7. The predicted molar refractivity (Wildman–Crippen MR) is 131 cm³/mol. The van der Waals surface area contributed by atoms with Gasteiger partial charge in [0.15, 0.2) is 5.96 Å². The van der Waals surface area contributed by atoms with Crippen molar-refractivity contribution in [2.45, 2.75) is 56.3 Å². The fourth-order valence-electron chi connectivity index (χ4n) is 3.51. The number of carboxylic acids is 1. The van der Waals surface area contributed by atoms with Crippen molar-refractivity contribution in [3.05, 3.63) is 18.2 Å². The lowest BCUT2D eigenvalue weighted by atomic mass is 10.1. The first-order valence-corrected chi connectivity index (χ1v) is 11.8. The number of aliphatic imine (C=N–C) groups is 1. The van der Waals surface area contributed by atoms with Gasteiger partial charge in [0.25, 0.3) is 0 Å². The SMILES string of the molecule is NC(N)=NCCCC(NC(=O)C(CS)NC(=O)C1CCCN1)C(=O)NC(Cc1cnc[nH]1)C(=O)O. The Bertz CT molecular complexity index is 886. The van der Waals surface area contributed by atoms with Crippen LogP contribution in [0.3, 0.4) is 0 Å². The number of hydrogen-bond acceptors (Lipinski definition) is 8. The van der Waals surface area contributed by atoms with E-state index in [4.69, 9.17) is 11.5 Å². The van der Waals surface area contributed by atoms with Crippen molar-refractivity contribution in [2.24, 2.45) is 16.5 Å². The molecule has 1 fully saturated rings. The Hall–Kier alpha value is -3.33. The van der Waals surface area contributed by atoms with E-state index in [0.717, 1.165) is 13.0 Å². The number of H-pyrrole nitrogens is 1. The number of nitrogens with zero attached hydrogens (tertiary/aromatic N) is 2. The third kappa shape index (κ3) is 9.44. The van der Waals surface area contributed by atoms with Crippen LogP contribution in [-0.4, -0.2) is 87.7 Å². The zero-order chi connectivity index (χ0) is 25.8. The predicted octanol–water partition coefficient (Wildman–Crippen LogP) is -2.77. The van der Waals surface area contributed by atoms with Crippen LogP contribution in [0.4, 0.5) is 0 Å². The summed E-state index contributed by atoms with van der Waals surface area (Å²) in [5, 5.41) is 20.3. The van der Waals surface area contributed by atoms with Crippen LogP contribution in [0.2, 0.25) is 0 Å². The number of carbonyl (C=O) groups is 4. The summed E-state index contributed by atoms with van der Waals surface area (Å²) in [6.45, 7) is 0.926. The van der Waals surface area contributed by atoms with Crippen LogP contribution in [0.5, 0.6) is 0 Å². The van der Waals surface area contributed by atoms with Gasteiger partial charge in [-0.1, -0.05) is 0 Å². The molecule has 4 unspecified atom stereocenters. The highest BCUT2D eigenvalue weighted by atomic mass is 32.1. The Balaban J connectivity index is 2.06. The third-order valence-corrected chi connectivity index (χ3v) is 5.73. The maximum atomic E-state index is 13.0. The first-order valence-electron chi connectivity index (χ1n) is 11.2. The molecule has 1 aliphatic heterocycles. The maximum Gasteiger partial charge on any atom is 0.326 e. The maximum absolute atomic E-state index is 13.0. The number of thiol groups is 1. The molecule has 2 rings (SSSR count). The zero-order valence-corrected chi connectivity index (χ0v) is 20.1. The van der Waals surface area contributed by atoms with Gasteiger partial charge in [-0.15, -0.1) is 0 Å². The smallest absolute Gasteiger partial charge is 0.326 e. The minimum Gasteiger partial charge on any atom is -0.480 e. The molecule has 194 valence electrons. The quantitative estimate of drug-likeness (QED) is 0.0544. The fourth-order valence-corrected chi connectivity index (χ4v) is 3.77. The second-order valence-corrected chi connectivity index (χ2v) is 8.45. The molecule has 35 heavy (non-hydrogen) atoms. The molecule has 4 atom stereocenters. The summed E-state index contributed by atoms with van der Waals surface area (Å²) in [6, 6.07) is -3.72. The number of rotatable bonds is 14. The third-order valence-electron chi connectivity index (χ3n) is 5.36. The van der Waals surface area contributed by atoms with Crippen molar-refractivity contribution >= 4 is 42.3 Å². The van der Waals surface area contributed by atoms with Crippen molar-refractivity contribution in [2.75, 3.05) is 18.8 Å². The number of carboxylic acid groups (broad SMARTS) is 1. The van der Waals surface area contributed by atoms with Crippen LogP contribution in [0.1, 0.15) is 31.4 Å². The Labute approximate surface area is 207 Å². The minimum atomic E-state index is -1.26. The molecule has 1 aliphatic rings. The van der Waals surface area contributed by atoms with E-state index in [9.17, 15) is 24.3 Å².